The van der Waals surface area contributed by atoms with E-state index in [9.17, 15) is 10.1 Å². The Bertz CT molecular complexity index is 708. The number of nitriles is 1. The number of rotatable bonds is 5. The molecule has 0 N–H and O–H groups in total. The highest BCUT2D eigenvalue weighted by atomic mass is 16.2. The number of hydrogen-bond donors (Lipinski definition) is 0. The van der Waals surface area contributed by atoms with Crippen molar-refractivity contribution in [3.8, 4) is 6.07 Å². The van der Waals surface area contributed by atoms with Gasteiger partial charge in [0.05, 0.1) is 0 Å². The van der Waals surface area contributed by atoms with Gasteiger partial charge in [0.1, 0.15) is 11.6 Å². The predicted octanol–water partition coefficient (Wildman–Crippen LogP) is 3.22. The zero-order valence-corrected chi connectivity index (χ0v) is 16.9. The molecule has 1 aliphatic heterocycles. The molecule has 0 radical (unpaired) electrons. The van der Waals surface area contributed by atoms with E-state index in [2.05, 4.69) is 56.3 Å². The van der Waals surface area contributed by atoms with Crippen LogP contribution in [0.2, 0.25) is 0 Å². The fourth-order valence-corrected chi connectivity index (χ4v) is 3.42. The molecule has 0 aliphatic carbocycles. The van der Waals surface area contributed by atoms with E-state index in [0.29, 0.717) is 12.5 Å². The predicted molar refractivity (Wildman–Crippen MR) is 106 cm³/mol. The van der Waals surface area contributed by atoms with E-state index < -0.39 is 0 Å². The lowest BCUT2D eigenvalue weighted by molar-refractivity contribution is -0.126. The van der Waals surface area contributed by atoms with Crippen molar-refractivity contribution < 1.29 is 4.79 Å². The molecule has 0 atom stereocenters. The van der Waals surface area contributed by atoms with Crippen molar-refractivity contribution in [1.29, 1.82) is 5.26 Å². The lowest BCUT2D eigenvalue weighted by atomic mass is 10.1. The molecule has 5 heteroatoms. The molecule has 0 aromatic carbocycles. The van der Waals surface area contributed by atoms with Crippen LogP contribution >= 0.6 is 0 Å². The fraction of sp³-hybridized carbons (Fsp3) is 0.619. The van der Waals surface area contributed by atoms with Gasteiger partial charge in [-0.1, -0.05) is 13.8 Å². The number of carbonyl (C=O) groups excluding carboxylic acids is 1. The molecular weight excluding hydrogens is 324 g/mol. The first-order valence-electron chi connectivity index (χ1n) is 9.59. The molecule has 1 amide bonds. The molecule has 1 aliphatic rings. The van der Waals surface area contributed by atoms with Gasteiger partial charge < -0.3 is 14.4 Å². The number of hydrogen-bond acceptors (Lipinski definition) is 3. The average Bonchev–Trinajstić information content (AvgIpc) is 2.75. The lowest BCUT2D eigenvalue weighted by Crippen LogP contribution is -2.35. The Hall–Kier alpha value is -2.06. The molecule has 0 unspecified atom stereocenters. The number of carbonyl (C=O) groups is 1. The second-order valence-electron chi connectivity index (χ2n) is 7.78. The van der Waals surface area contributed by atoms with Gasteiger partial charge >= 0.3 is 0 Å². The summed E-state index contributed by atoms with van der Waals surface area (Å²) in [7, 11) is 2.07. The second kappa shape index (κ2) is 9.05. The van der Waals surface area contributed by atoms with E-state index in [1.807, 2.05) is 4.90 Å². The summed E-state index contributed by atoms with van der Waals surface area (Å²) in [6.07, 6.45) is 3.83. The maximum Gasteiger partial charge on any atom is 0.264 e. The van der Waals surface area contributed by atoms with E-state index >= 15 is 0 Å². The molecule has 1 saturated heterocycles. The maximum atomic E-state index is 12.8. The van der Waals surface area contributed by atoms with Gasteiger partial charge in [0.25, 0.3) is 5.91 Å². The molecule has 26 heavy (non-hydrogen) atoms. The van der Waals surface area contributed by atoms with Crippen molar-refractivity contribution in [3.63, 3.8) is 0 Å². The lowest BCUT2D eigenvalue weighted by Gasteiger charge is -2.20. The third-order valence-electron chi connectivity index (χ3n) is 5.20. The zero-order valence-electron chi connectivity index (χ0n) is 16.9. The highest BCUT2D eigenvalue weighted by Gasteiger charge is 2.21. The van der Waals surface area contributed by atoms with Crippen LogP contribution in [0.25, 0.3) is 6.08 Å². The van der Waals surface area contributed by atoms with E-state index in [1.165, 1.54) is 5.69 Å². The average molecular weight is 357 g/mol. The summed E-state index contributed by atoms with van der Waals surface area (Å²) in [4.78, 5) is 16.9. The van der Waals surface area contributed by atoms with Gasteiger partial charge in [-0.25, -0.2) is 0 Å². The Morgan fingerprint density at radius 3 is 2.65 bits per heavy atom. The fourth-order valence-electron chi connectivity index (χ4n) is 3.42. The molecule has 0 saturated carbocycles. The first-order valence-corrected chi connectivity index (χ1v) is 9.59. The number of aromatic nitrogens is 1. The summed E-state index contributed by atoms with van der Waals surface area (Å²) in [5.41, 5.74) is 3.51. The monoisotopic (exact) mass is 356 g/mol. The van der Waals surface area contributed by atoms with E-state index in [4.69, 9.17) is 0 Å². The maximum absolute atomic E-state index is 12.8. The van der Waals surface area contributed by atoms with Gasteiger partial charge in [-0.05, 0) is 63.9 Å². The van der Waals surface area contributed by atoms with Crippen LogP contribution in [0.4, 0.5) is 0 Å². The Labute approximate surface area is 157 Å². The van der Waals surface area contributed by atoms with Crippen LogP contribution in [0.15, 0.2) is 11.6 Å². The minimum Gasteiger partial charge on any atom is -0.349 e. The van der Waals surface area contributed by atoms with Gasteiger partial charge in [0, 0.05) is 37.6 Å². The Kier molecular flexibility index (Phi) is 7.05. The van der Waals surface area contributed by atoms with Crippen LogP contribution in [-0.4, -0.2) is 53.5 Å². The Morgan fingerprint density at radius 2 is 2.00 bits per heavy atom. The van der Waals surface area contributed by atoms with Gasteiger partial charge in [-0.3, -0.25) is 4.79 Å². The highest BCUT2D eigenvalue weighted by Crippen LogP contribution is 2.20. The molecular formula is C21H32N4O. The smallest absolute Gasteiger partial charge is 0.264 e. The van der Waals surface area contributed by atoms with Crippen molar-refractivity contribution in [3.05, 3.63) is 28.6 Å². The van der Waals surface area contributed by atoms with Crippen molar-refractivity contribution in [2.45, 2.75) is 47.1 Å². The van der Waals surface area contributed by atoms with Crippen molar-refractivity contribution >= 4 is 12.0 Å². The summed E-state index contributed by atoms with van der Waals surface area (Å²) in [6, 6.07) is 4.21. The first-order chi connectivity index (χ1) is 12.3. The van der Waals surface area contributed by atoms with E-state index in [0.717, 1.165) is 50.3 Å². The van der Waals surface area contributed by atoms with Crippen molar-refractivity contribution in [2.24, 2.45) is 5.92 Å². The van der Waals surface area contributed by atoms with Crippen LogP contribution in [0, 0.1) is 31.1 Å². The van der Waals surface area contributed by atoms with Crippen LogP contribution in [0.1, 0.15) is 43.6 Å². The van der Waals surface area contributed by atoms with E-state index in [1.54, 1.807) is 6.08 Å². The molecule has 0 spiro atoms. The molecule has 5 nitrogen and oxygen atoms in total. The topological polar surface area (TPSA) is 52.3 Å². The van der Waals surface area contributed by atoms with Gasteiger partial charge in [-0.15, -0.1) is 0 Å². The molecule has 142 valence electrons. The first kappa shape index (κ1) is 20.3. The quantitative estimate of drug-likeness (QED) is 0.601. The molecule has 1 aromatic heterocycles. The summed E-state index contributed by atoms with van der Waals surface area (Å²) in [6.45, 7) is 12.8. The van der Waals surface area contributed by atoms with Crippen LogP contribution in [0.3, 0.4) is 0 Å². The van der Waals surface area contributed by atoms with E-state index in [-0.39, 0.29) is 11.5 Å². The third-order valence-corrected chi connectivity index (χ3v) is 5.20. The minimum absolute atomic E-state index is 0.144. The molecule has 1 fully saturated rings. The Morgan fingerprint density at radius 1 is 1.27 bits per heavy atom. The van der Waals surface area contributed by atoms with Crippen LogP contribution in [-0.2, 0) is 11.3 Å². The molecule has 2 rings (SSSR count). The third kappa shape index (κ3) is 4.98. The number of nitrogens with zero attached hydrogens (tertiary/aromatic N) is 4. The number of aryl methyl sites for hydroxylation is 1. The molecule has 0 bridgehead atoms. The summed E-state index contributed by atoms with van der Waals surface area (Å²) in [5.74, 6) is 0.502. The minimum atomic E-state index is -0.144. The zero-order chi connectivity index (χ0) is 19.3. The van der Waals surface area contributed by atoms with Crippen molar-refractivity contribution in [1.82, 2.24) is 14.4 Å². The van der Waals surface area contributed by atoms with Crippen molar-refractivity contribution in [2.75, 3.05) is 33.2 Å². The second-order valence-corrected chi connectivity index (χ2v) is 7.78. The summed E-state index contributed by atoms with van der Waals surface area (Å²) in [5, 5.41) is 9.57. The molecule has 1 aromatic rings. The SMILES string of the molecule is Cc1cc(/C=C(/C#N)C(=O)N2CCCN(C)CC2)c(C)n1CCC(C)C. The summed E-state index contributed by atoms with van der Waals surface area (Å²) < 4.78 is 2.28. The highest BCUT2D eigenvalue weighted by molar-refractivity contribution is 6.01. The normalized spacial score (nSPS) is 16.7. The summed E-state index contributed by atoms with van der Waals surface area (Å²) >= 11 is 0. The van der Waals surface area contributed by atoms with Crippen LogP contribution in [0.5, 0.6) is 0 Å². The number of likely N-dealkylation sites (N-methyl/N-ethyl adjacent to an activating group) is 1. The van der Waals surface area contributed by atoms with Crippen LogP contribution < -0.4 is 0 Å². The standard InChI is InChI=1S/C21H32N4O/c1-16(2)7-10-25-17(3)13-19(18(25)4)14-20(15-22)21(26)24-9-6-8-23(5)11-12-24/h13-14,16H,6-12H2,1-5H3/b20-14-. The van der Waals surface area contributed by atoms with Gasteiger partial charge in [0.15, 0.2) is 0 Å². The van der Waals surface area contributed by atoms with Gasteiger partial charge in [-0.2, -0.15) is 5.26 Å². The number of amides is 1. The molecule has 2 heterocycles. The Balaban J connectivity index is 2.21. The largest absolute Gasteiger partial charge is 0.349 e. The van der Waals surface area contributed by atoms with Gasteiger partial charge in [0.2, 0.25) is 0 Å².